The molecule has 0 fully saturated rings. The summed E-state index contributed by atoms with van der Waals surface area (Å²) in [4.78, 5) is 28.7. The molecule has 1 N–H and O–H groups in total. The molecule has 1 aromatic rings. The normalized spacial score (nSPS) is 13.2. The highest BCUT2D eigenvalue weighted by Gasteiger charge is 2.28. The Kier molecular flexibility index (Phi) is 6.99. The molecule has 0 aliphatic rings. The zero-order chi connectivity index (χ0) is 20.1. The molecular formula is C15H23F3N4O4. The molecule has 0 saturated carbocycles. The first-order chi connectivity index (χ1) is 11.8. The zero-order valence-corrected chi connectivity index (χ0v) is 15.3. The number of carbonyl (C=O) groups excluding carboxylic acids is 2. The fourth-order valence-corrected chi connectivity index (χ4v) is 1.76. The predicted molar refractivity (Wildman–Crippen MR) is 84.2 cm³/mol. The molecule has 0 aromatic carbocycles. The van der Waals surface area contributed by atoms with Gasteiger partial charge in [-0.3, -0.25) is 4.79 Å². The topological polar surface area (TPSA) is 97.6 Å². The van der Waals surface area contributed by atoms with Crippen molar-refractivity contribution in [3.63, 3.8) is 0 Å². The summed E-state index contributed by atoms with van der Waals surface area (Å²) >= 11 is 0. The fourth-order valence-electron chi connectivity index (χ4n) is 1.76. The molecule has 2 amide bonds. The van der Waals surface area contributed by atoms with Gasteiger partial charge in [0, 0.05) is 19.5 Å². The molecule has 1 atom stereocenters. The maximum absolute atomic E-state index is 12.0. The zero-order valence-electron chi connectivity index (χ0n) is 15.3. The van der Waals surface area contributed by atoms with Crippen molar-refractivity contribution in [2.75, 3.05) is 13.6 Å². The van der Waals surface area contributed by atoms with Crippen LogP contribution >= 0.6 is 0 Å². The third kappa shape index (κ3) is 8.17. The minimum atomic E-state index is -4.49. The third-order valence-corrected chi connectivity index (χ3v) is 3.13. The van der Waals surface area contributed by atoms with Crippen molar-refractivity contribution in [1.29, 1.82) is 0 Å². The van der Waals surface area contributed by atoms with Crippen molar-refractivity contribution in [3.05, 3.63) is 11.7 Å². The van der Waals surface area contributed by atoms with Gasteiger partial charge in [-0.05, 0) is 27.7 Å². The number of nitrogens with zero attached hydrogens (tertiary/aromatic N) is 3. The van der Waals surface area contributed by atoms with Crippen LogP contribution in [0.15, 0.2) is 4.52 Å². The number of amides is 2. The van der Waals surface area contributed by atoms with Gasteiger partial charge < -0.3 is 19.5 Å². The van der Waals surface area contributed by atoms with E-state index in [-0.39, 0.29) is 24.2 Å². The minimum absolute atomic E-state index is 0.105. The second-order valence-electron chi connectivity index (χ2n) is 6.82. The van der Waals surface area contributed by atoms with Gasteiger partial charge in [0.25, 0.3) is 0 Å². The smallest absolute Gasteiger partial charge is 0.410 e. The van der Waals surface area contributed by atoms with Crippen molar-refractivity contribution in [3.8, 4) is 0 Å². The van der Waals surface area contributed by atoms with Crippen molar-refractivity contribution in [2.24, 2.45) is 0 Å². The molecule has 0 radical (unpaired) electrons. The summed E-state index contributed by atoms with van der Waals surface area (Å²) in [6, 6.07) is -0.325. The third-order valence-electron chi connectivity index (χ3n) is 3.13. The highest BCUT2D eigenvalue weighted by Crippen LogP contribution is 2.13. The Morgan fingerprint density at radius 3 is 2.46 bits per heavy atom. The van der Waals surface area contributed by atoms with E-state index in [0.29, 0.717) is 0 Å². The average molecular weight is 380 g/mol. The molecule has 11 heteroatoms. The lowest BCUT2D eigenvalue weighted by atomic mass is 10.2. The standard InChI is InChI=1S/C15H23F3N4O4/c1-9(22(5)13(24)25-14(2,3)4)6-10-20-12(26-21-10)7-11(23)19-8-15(16,17)18/h9H,6-8H2,1-5H3,(H,19,23). The van der Waals surface area contributed by atoms with Gasteiger partial charge in [0.15, 0.2) is 5.82 Å². The van der Waals surface area contributed by atoms with Crippen molar-refractivity contribution in [1.82, 2.24) is 20.4 Å². The van der Waals surface area contributed by atoms with E-state index in [9.17, 15) is 22.8 Å². The number of carbonyl (C=O) groups is 2. The van der Waals surface area contributed by atoms with Gasteiger partial charge in [-0.1, -0.05) is 5.16 Å². The Bertz CT molecular complexity index is 625. The molecule has 0 aliphatic carbocycles. The highest BCUT2D eigenvalue weighted by molar-refractivity contribution is 5.77. The van der Waals surface area contributed by atoms with Crippen LogP contribution in [0.3, 0.4) is 0 Å². The van der Waals surface area contributed by atoms with Crippen LogP contribution in [0.25, 0.3) is 0 Å². The number of hydrogen-bond donors (Lipinski definition) is 1. The molecule has 1 unspecified atom stereocenters. The Hall–Kier alpha value is -2.33. The molecule has 1 rings (SSSR count). The van der Waals surface area contributed by atoms with Crippen LogP contribution in [-0.2, 0) is 22.4 Å². The summed E-state index contributed by atoms with van der Waals surface area (Å²) in [6.45, 7) is 5.57. The van der Waals surface area contributed by atoms with Crippen LogP contribution in [0.1, 0.15) is 39.4 Å². The first-order valence-electron chi connectivity index (χ1n) is 7.87. The SMILES string of the molecule is CC(Cc1noc(CC(=O)NCC(F)(F)F)n1)N(C)C(=O)OC(C)(C)C. The summed E-state index contributed by atoms with van der Waals surface area (Å²) in [6.07, 6.45) is -5.24. The summed E-state index contributed by atoms with van der Waals surface area (Å²) in [5.74, 6) is -0.755. The number of halogens is 3. The largest absolute Gasteiger partial charge is 0.444 e. The van der Waals surface area contributed by atoms with Crippen molar-refractivity contribution >= 4 is 12.0 Å². The maximum Gasteiger partial charge on any atom is 0.410 e. The van der Waals surface area contributed by atoms with Gasteiger partial charge in [0.2, 0.25) is 11.8 Å². The number of likely N-dealkylation sites (N-methyl/N-ethyl adjacent to an activating group) is 1. The van der Waals surface area contributed by atoms with E-state index in [4.69, 9.17) is 9.26 Å². The van der Waals surface area contributed by atoms with E-state index in [1.165, 1.54) is 4.90 Å². The Morgan fingerprint density at radius 1 is 1.31 bits per heavy atom. The molecule has 26 heavy (non-hydrogen) atoms. The first kappa shape index (κ1) is 21.7. The van der Waals surface area contributed by atoms with Gasteiger partial charge in [0.05, 0.1) is 0 Å². The van der Waals surface area contributed by atoms with Crippen LogP contribution < -0.4 is 5.32 Å². The second-order valence-corrected chi connectivity index (χ2v) is 6.82. The van der Waals surface area contributed by atoms with E-state index in [1.54, 1.807) is 40.1 Å². The molecule has 0 aliphatic heterocycles. The van der Waals surface area contributed by atoms with Crippen LogP contribution in [0, 0.1) is 0 Å². The maximum atomic E-state index is 12.0. The quantitative estimate of drug-likeness (QED) is 0.812. The molecule has 8 nitrogen and oxygen atoms in total. The number of nitrogens with one attached hydrogen (secondary N) is 1. The molecule has 0 spiro atoms. The van der Waals surface area contributed by atoms with Gasteiger partial charge in [0.1, 0.15) is 18.6 Å². The summed E-state index contributed by atoms with van der Waals surface area (Å²) in [7, 11) is 1.56. The summed E-state index contributed by atoms with van der Waals surface area (Å²) in [5, 5.41) is 5.38. The minimum Gasteiger partial charge on any atom is -0.444 e. The molecule has 1 heterocycles. The monoisotopic (exact) mass is 380 g/mol. The molecular weight excluding hydrogens is 357 g/mol. The Morgan fingerprint density at radius 2 is 1.92 bits per heavy atom. The van der Waals surface area contributed by atoms with E-state index >= 15 is 0 Å². The van der Waals surface area contributed by atoms with Gasteiger partial charge >= 0.3 is 12.3 Å². The molecule has 1 aromatic heterocycles. The van der Waals surface area contributed by atoms with Crippen molar-refractivity contribution < 1.29 is 32.0 Å². The molecule has 0 saturated heterocycles. The Balaban J connectivity index is 2.54. The van der Waals surface area contributed by atoms with Crippen LogP contribution in [0.2, 0.25) is 0 Å². The number of rotatable bonds is 6. The van der Waals surface area contributed by atoms with Gasteiger partial charge in [-0.25, -0.2) is 4.79 Å². The molecule has 148 valence electrons. The van der Waals surface area contributed by atoms with Crippen molar-refractivity contribution in [2.45, 2.75) is 58.4 Å². The lowest BCUT2D eigenvalue weighted by Crippen LogP contribution is -2.40. The number of ether oxygens (including phenoxy) is 1. The molecule has 0 bridgehead atoms. The number of aromatic nitrogens is 2. The van der Waals surface area contributed by atoms with E-state index in [1.807, 2.05) is 0 Å². The Labute approximate surface area is 149 Å². The van der Waals surface area contributed by atoms with Crippen LogP contribution in [0.4, 0.5) is 18.0 Å². The average Bonchev–Trinajstić information content (AvgIpc) is 2.88. The van der Waals surface area contributed by atoms with Crippen LogP contribution in [0.5, 0.6) is 0 Å². The summed E-state index contributed by atoms with van der Waals surface area (Å²) in [5.41, 5.74) is -0.631. The fraction of sp³-hybridized carbons (Fsp3) is 0.733. The highest BCUT2D eigenvalue weighted by atomic mass is 19.4. The predicted octanol–water partition coefficient (Wildman–Crippen LogP) is 2.09. The number of alkyl halides is 3. The first-order valence-corrected chi connectivity index (χ1v) is 7.87. The number of hydrogen-bond acceptors (Lipinski definition) is 6. The lowest BCUT2D eigenvalue weighted by Gasteiger charge is -2.28. The van der Waals surface area contributed by atoms with E-state index in [2.05, 4.69) is 10.1 Å². The van der Waals surface area contributed by atoms with Gasteiger partial charge in [-0.15, -0.1) is 0 Å². The van der Waals surface area contributed by atoms with Crippen LogP contribution in [-0.4, -0.2) is 58.5 Å². The van der Waals surface area contributed by atoms with E-state index < -0.39 is 36.7 Å². The van der Waals surface area contributed by atoms with E-state index in [0.717, 1.165) is 0 Å². The lowest BCUT2D eigenvalue weighted by molar-refractivity contribution is -0.138. The summed E-state index contributed by atoms with van der Waals surface area (Å²) < 4.78 is 46.2. The van der Waals surface area contributed by atoms with Gasteiger partial charge in [-0.2, -0.15) is 18.2 Å². The second kappa shape index (κ2) is 8.37.